The Morgan fingerprint density at radius 1 is 1.04 bits per heavy atom. The lowest BCUT2D eigenvalue weighted by atomic mass is 9.96. The molecule has 1 aromatic carbocycles. The van der Waals surface area contributed by atoms with Gasteiger partial charge in [-0.3, -0.25) is 4.90 Å². The standard InChI is InChI=1S/C20H30N4O2S/c1-22(20-6-3-2-4-7-20)27(25,26)24-13-5-12-23(14-15-24)17-19-10-8-18(16-21)9-11-19/h8-11,20H,2-7,12-15,17H2,1H3. The minimum Gasteiger partial charge on any atom is -0.298 e. The predicted octanol–water partition coefficient (Wildman–Crippen LogP) is 2.58. The van der Waals surface area contributed by atoms with Crippen molar-refractivity contribution >= 4 is 10.2 Å². The van der Waals surface area contributed by atoms with Gasteiger partial charge in [-0.05, 0) is 43.5 Å². The molecule has 0 unspecified atom stereocenters. The van der Waals surface area contributed by atoms with Crippen LogP contribution in [0.4, 0.5) is 0 Å². The number of nitriles is 1. The molecule has 1 saturated carbocycles. The molecule has 0 aromatic heterocycles. The molecule has 1 heterocycles. The molecule has 0 amide bonds. The summed E-state index contributed by atoms with van der Waals surface area (Å²) in [5, 5.41) is 8.90. The highest BCUT2D eigenvalue weighted by Gasteiger charge is 2.33. The van der Waals surface area contributed by atoms with Crippen LogP contribution in [0.15, 0.2) is 24.3 Å². The number of benzene rings is 1. The van der Waals surface area contributed by atoms with E-state index in [1.54, 1.807) is 15.7 Å². The van der Waals surface area contributed by atoms with E-state index in [0.717, 1.165) is 57.3 Å². The lowest BCUT2D eigenvalue weighted by Crippen LogP contribution is -2.48. The molecule has 0 bridgehead atoms. The lowest BCUT2D eigenvalue weighted by Gasteiger charge is -2.34. The van der Waals surface area contributed by atoms with E-state index in [4.69, 9.17) is 5.26 Å². The maximum atomic E-state index is 13.1. The van der Waals surface area contributed by atoms with Crippen LogP contribution in [0.2, 0.25) is 0 Å². The average molecular weight is 391 g/mol. The zero-order chi connectivity index (χ0) is 19.3. The van der Waals surface area contributed by atoms with Crippen molar-refractivity contribution < 1.29 is 8.42 Å². The van der Waals surface area contributed by atoms with E-state index in [1.807, 2.05) is 24.3 Å². The first-order valence-corrected chi connectivity index (χ1v) is 11.3. The van der Waals surface area contributed by atoms with Crippen LogP contribution in [0.3, 0.4) is 0 Å². The number of hydrogen-bond acceptors (Lipinski definition) is 4. The van der Waals surface area contributed by atoms with Crippen molar-refractivity contribution in [3.63, 3.8) is 0 Å². The van der Waals surface area contributed by atoms with Gasteiger partial charge in [0.1, 0.15) is 0 Å². The monoisotopic (exact) mass is 390 g/mol. The Hall–Kier alpha value is -1.46. The Morgan fingerprint density at radius 3 is 2.41 bits per heavy atom. The molecule has 6 nitrogen and oxygen atoms in total. The fourth-order valence-electron chi connectivity index (χ4n) is 4.09. The predicted molar refractivity (Wildman–Crippen MR) is 106 cm³/mol. The molecular formula is C20H30N4O2S. The number of hydrogen-bond donors (Lipinski definition) is 0. The van der Waals surface area contributed by atoms with Gasteiger partial charge in [0.05, 0.1) is 11.6 Å². The summed E-state index contributed by atoms with van der Waals surface area (Å²) in [5.74, 6) is 0. The Labute approximate surface area is 163 Å². The van der Waals surface area contributed by atoms with Crippen LogP contribution in [0.5, 0.6) is 0 Å². The minimum absolute atomic E-state index is 0.154. The third kappa shape index (κ3) is 5.08. The highest BCUT2D eigenvalue weighted by molar-refractivity contribution is 7.86. The van der Waals surface area contributed by atoms with Gasteiger partial charge in [0, 0.05) is 39.3 Å². The molecule has 2 aliphatic rings. The van der Waals surface area contributed by atoms with Gasteiger partial charge >= 0.3 is 0 Å². The first-order valence-electron chi connectivity index (χ1n) is 9.95. The Balaban J connectivity index is 1.59. The first-order chi connectivity index (χ1) is 13.0. The normalized spacial score (nSPS) is 21.1. The van der Waals surface area contributed by atoms with Gasteiger partial charge < -0.3 is 0 Å². The summed E-state index contributed by atoms with van der Waals surface area (Å²) in [4.78, 5) is 2.30. The maximum Gasteiger partial charge on any atom is 0.282 e. The second kappa shape index (κ2) is 9.16. The third-order valence-corrected chi connectivity index (χ3v) is 7.86. The average Bonchev–Trinajstić information content (AvgIpc) is 2.95. The van der Waals surface area contributed by atoms with Gasteiger partial charge in [-0.25, -0.2) is 0 Å². The summed E-state index contributed by atoms with van der Waals surface area (Å²) < 4.78 is 29.4. The van der Waals surface area contributed by atoms with E-state index in [2.05, 4.69) is 11.0 Å². The van der Waals surface area contributed by atoms with Crippen LogP contribution in [0.25, 0.3) is 0 Å². The van der Waals surface area contributed by atoms with Crippen LogP contribution in [-0.4, -0.2) is 61.2 Å². The summed E-state index contributed by atoms with van der Waals surface area (Å²) in [6, 6.07) is 9.93. The topological polar surface area (TPSA) is 67.7 Å². The summed E-state index contributed by atoms with van der Waals surface area (Å²) in [7, 11) is -1.63. The van der Waals surface area contributed by atoms with E-state index in [1.165, 1.54) is 6.42 Å². The van der Waals surface area contributed by atoms with Crippen LogP contribution in [0.1, 0.15) is 49.7 Å². The Bertz CT molecular complexity index is 751. The van der Waals surface area contributed by atoms with Gasteiger partial charge in [0.2, 0.25) is 0 Å². The third-order valence-electron chi connectivity index (χ3n) is 5.82. The smallest absolute Gasteiger partial charge is 0.282 e. The molecule has 27 heavy (non-hydrogen) atoms. The van der Waals surface area contributed by atoms with Crippen LogP contribution in [-0.2, 0) is 16.8 Å². The summed E-state index contributed by atoms with van der Waals surface area (Å²) >= 11 is 0. The molecule has 0 spiro atoms. The maximum absolute atomic E-state index is 13.1. The summed E-state index contributed by atoms with van der Waals surface area (Å²) in [6.45, 7) is 3.54. The van der Waals surface area contributed by atoms with Gasteiger partial charge in [0.15, 0.2) is 0 Å². The molecule has 1 aliphatic heterocycles. The van der Waals surface area contributed by atoms with Crippen molar-refractivity contribution in [1.82, 2.24) is 13.5 Å². The van der Waals surface area contributed by atoms with E-state index < -0.39 is 10.2 Å². The highest BCUT2D eigenvalue weighted by Crippen LogP contribution is 2.25. The molecule has 1 aromatic rings. The van der Waals surface area contributed by atoms with Crippen LogP contribution in [0, 0.1) is 11.3 Å². The molecule has 148 valence electrons. The number of nitrogens with zero attached hydrogens (tertiary/aromatic N) is 4. The number of rotatable bonds is 5. The molecule has 1 aliphatic carbocycles. The van der Waals surface area contributed by atoms with E-state index in [-0.39, 0.29) is 6.04 Å². The molecule has 0 N–H and O–H groups in total. The van der Waals surface area contributed by atoms with Gasteiger partial charge in [-0.1, -0.05) is 31.4 Å². The first kappa shape index (κ1) is 20.3. The summed E-state index contributed by atoms with van der Waals surface area (Å²) in [6.07, 6.45) is 6.28. The van der Waals surface area contributed by atoms with Gasteiger partial charge in [-0.15, -0.1) is 0 Å². The largest absolute Gasteiger partial charge is 0.298 e. The molecule has 3 rings (SSSR count). The van der Waals surface area contributed by atoms with Gasteiger partial charge in [-0.2, -0.15) is 22.3 Å². The van der Waals surface area contributed by atoms with Crippen molar-refractivity contribution in [2.75, 3.05) is 33.2 Å². The molecular weight excluding hydrogens is 360 g/mol. The van der Waals surface area contributed by atoms with E-state index >= 15 is 0 Å². The molecule has 1 saturated heterocycles. The van der Waals surface area contributed by atoms with E-state index in [9.17, 15) is 8.42 Å². The second-order valence-corrected chi connectivity index (χ2v) is 9.64. The van der Waals surface area contributed by atoms with Crippen molar-refractivity contribution in [2.45, 2.75) is 51.1 Å². The second-order valence-electron chi connectivity index (χ2n) is 7.65. The summed E-state index contributed by atoms with van der Waals surface area (Å²) in [5.41, 5.74) is 1.82. The van der Waals surface area contributed by atoms with Crippen LogP contribution < -0.4 is 0 Å². The van der Waals surface area contributed by atoms with Gasteiger partial charge in [0.25, 0.3) is 10.2 Å². The van der Waals surface area contributed by atoms with Crippen molar-refractivity contribution in [3.05, 3.63) is 35.4 Å². The highest BCUT2D eigenvalue weighted by atomic mass is 32.2. The molecule has 0 atom stereocenters. The Kier molecular flexibility index (Phi) is 6.88. The van der Waals surface area contributed by atoms with Crippen molar-refractivity contribution in [1.29, 1.82) is 5.26 Å². The zero-order valence-corrected chi connectivity index (χ0v) is 17.0. The fourth-order valence-corrected chi connectivity index (χ4v) is 5.72. The van der Waals surface area contributed by atoms with Crippen molar-refractivity contribution in [2.24, 2.45) is 0 Å². The quantitative estimate of drug-likeness (QED) is 0.775. The SMILES string of the molecule is CN(C1CCCCC1)S(=O)(=O)N1CCCN(Cc2ccc(C#N)cc2)CC1. The lowest BCUT2D eigenvalue weighted by molar-refractivity contribution is 0.257. The van der Waals surface area contributed by atoms with E-state index in [0.29, 0.717) is 18.7 Å². The minimum atomic E-state index is -3.39. The Morgan fingerprint density at radius 2 is 1.74 bits per heavy atom. The molecule has 0 radical (unpaired) electrons. The fraction of sp³-hybridized carbons (Fsp3) is 0.650. The zero-order valence-electron chi connectivity index (χ0n) is 16.2. The molecule has 7 heteroatoms. The molecule has 2 fully saturated rings. The van der Waals surface area contributed by atoms with Crippen LogP contribution >= 0.6 is 0 Å². The van der Waals surface area contributed by atoms with Crippen molar-refractivity contribution in [3.8, 4) is 6.07 Å².